The summed E-state index contributed by atoms with van der Waals surface area (Å²) in [5.41, 5.74) is 8.66. The van der Waals surface area contributed by atoms with Crippen LogP contribution < -0.4 is 5.73 Å². The van der Waals surface area contributed by atoms with E-state index in [-0.39, 0.29) is 0 Å². The average molecular weight is 277 g/mol. The van der Waals surface area contributed by atoms with Crippen LogP contribution in [0.25, 0.3) is 22.2 Å². The highest BCUT2D eigenvalue weighted by Crippen LogP contribution is 2.33. The largest absolute Gasteiger partial charge is 0.382 e. The molecule has 0 saturated carbocycles. The number of aromatic nitrogens is 3. The molecule has 0 spiro atoms. The lowest BCUT2D eigenvalue weighted by Crippen LogP contribution is -1.81. The molecule has 0 aliphatic heterocycles. The van der Waals surface area contributed by atoms with Gasteiger partial charge in [-0.2, -0.15) is 5.10 Å². The van der Waals surface area contributed by atoms with Crippen LogP contribution in [0, 0.1) is 0 Å². The maximum atomic E-state index is 5.60. The van der Waals surface area contributed by atoms with E-state index in [1.807, 2.05) is 30.5 Å². The highest BCUT2D eigenvalue weighted by atomic mass is 79.9. The Kier molecular flexibility index (Phi) is 2.00. The van der Waals surface area contributed by atoms with E-state index in [1.54, 1.807) is 0 Å². The van der Waals surface area contributed by atoms with Crippen molar-refractivity contribution in [2.24, 2.45) is 0 Å². The quantitative estimate of drug-likeness (QED) is 0.640. The Bertz CT molecular complexity index is 653. The molecule has 0 amide bonds. The minimum Gasteiger partial charge on any atom is -0.382 e. The first-order valence-electron chi connectivity index (χ1n) is 4.82. The predicted octanol–water partition coefficient (Wildman–Crippen LogP) is 2.90. The lowest BCUT2D eigenvalue weighted by molar-refractivity contribution is 1.10. The molecule has 2 aromatic heterocycles. The van der Waals surface area contributed by atoms with Crippen LogP contribution in [0.1, 0.15) is 0 Å². The fraction of sp³-hybridized carbons (Fsp3) is 0. The second-order valence-electron chi connectivity index (χ2n) is 3.57. The second-order valence-corrected chi connectivity index (χ2v) is 4.43. The maximum absolute atomic E-state index is 5.60. The van der Waals surface area contributed by atoms with Gasteiger partial charge in [0.1, 0.15) is 5.82 Å². The minimum atomic E-state index is 0.497. The van der Waals surface area contributed by atoms with Crippen molar-refractivity contribution in [2.45, 2.75) is 0 Å². The summed E-state index contributed by atoms with van der Waals surface area (Å²) in [6.07, 6.45) is 1.95. The van der Waals surface area contributed by atoms with E-state index in [1.165, 1.54) is 0 Å². The molecule has 1 aromatic carbocycles. The molecule has 5 heteroatoms. The van der Waals surface area contributed by atoms with Crippen LogP contribution in [0.15, 0.2) is 34.9 Å². The molecule has 0 radical (unpaired) electrons. The predicted molar refractivity (Wildman–Crippen MR) is 68.0 cm³/mol. The summed E-state index contributed by atoms with van der Waals surface area (Å²) in [7, 11) is 0. The highest BCUT2D eigenvalue weighted by molar-refractivity contribution is 9.10. The van der Waals surface area contributed by atoms with Gasteiger partial charge in [0, 0.05) is 33.2 Å². The van der Waals surface area contributed by atoms with Crippen molar-refractivity contribution in [2.75, 3.05) is 5.73 Å². The number of anilines is 1. The van der Waals surface area contributed by atoms with Crippen molar-refractivity contribution in [3.8, 4) is 11.3 Å². The number of benzene rings is 1. The zero-order chi connectivity index (χ0) is 11.1. The van der Waals surface area contributed by atoms with Crippen molar-refractivity contribution in [1.82, 2.24) is 15.2 Å². The van der Waals surface area contributed by atoms with Crippen LogP contribution in [0.5, 0.6) is 0 Å². The number of hydrogen-bond donors (Lipinski definition) is 3. The third kappa shape index (κ3) is 1.32. The maximum Gasteiger partial charge on any atom is 0.145 e. The number of nitrogen functional groups attached to an aromatic ring is 1. The molecular weight excluding hydrogens is 268 g/mol. The highest BCUT2D eigenvalue weighted by Gasteiger charge is 2.10. The first-order valence-corrected chi connectivity index (χ1v) is 5.62. The molecule has 3 rings (SSSR count). The van der Waals surface area contributed by atoms with Gasteiger partial charge in [-0.1, -0.05) is 22.0 Å². The van der Waals surface area contributed by atoms with Crippen molar-refractivity contribution < 1.29 is 0 Å². The number of halogens is 1. The number of nitrogens with two attached hydrogens (primary N) is 1. The van der Waals surface area contributed by atoms with Gasteiger partial charge in [0.05, 0.1) is 5.69 Å². The number of fused-ring (bicyclic) bond motifs is 1. The smallest absolute Gasteiger partial charge is 0.145 e. The SMILES string of the molecule is Nc1cc(-c2c[nH]c3cccc(Br)c23)[nH]n1. The molecule has 0 saturated heterocycles. The van der Waals surface area contributed by atoms with Crippen molar-refractivity contribution >= 4 is 32.7 Å². The molecular formula is C11H9BrN4. The van der Waals surface area contributed by atoms with Gasteiger partial charge < -0.3 is 10.7 Å². The van der Waals surface area contributed by atoms with E-state index in [9.17, 15) is 0 Å². The van der Waals surface area contributed by atoms with Crippen LogP contribution in [-0.2, 0) is 0 Å². The molecule has 0 atom stereocenters. The lowest BCUT2D eigenvalue weighted by Gasteiger charge is -1.97. The fourth-order valence-corrected chi connectivity index (χ4v) is 2.41. The Balaban J connectivity index is 2.32. The molecule has 0 unspecified atom stereocenters. The number of hydrogen-bond acceptors (Lipinski definition) is 2. The molecule has 16 heavy (non-hydrogen) atoms. The zero-order valence-electron chi connectivity index (χ0n) is 8.29. The Morgan fingerprint density at radius 2 is 2.19 bits per heavy atom. The van der Waals surface area contributed by atoms with Gasteiger partial charge >= 0.3 is 0 Å². The van der Waals surface area contributed by atoms with E-state index in [0.717, 1.165) is 26.6 Å². The van der Waals surface area contributed by atoms with Crippen LogP contribution in [0.4, 0.5) is 5.82 Å². The summed E-state index contributed by atoms with van der Waals surface area (Å²) in [6.45, 7) is 0. The number of rotatable bonds is 1. The number of nitrogens with one attached hydrogen (secondary N) is 2. The van der Waals surface area contributed by atoms with E-state index < -0.39 is 0 Å². The van der Waals surface area contributed by atoms with E-state index >= 15 is 0 Å². The van der Waals surface area contributed by atoms with Gasteiger partial charge in [-0.05, 0) is 12.1 Å². The van der Waals surface area contributed by atoms with Crippen LogP contribution in [-0.4, -0.2) is 15.2 Å². The summed E-state index contributed by atoms with van der Waals surface area (Å²) < 4.78 is 1.05. The molecule has 0 aliphatic rings. The van der Waals surface area contributed by atoms with Crippen molar-refractivity contribution in [1.29, 1.82) is 0 Å². The Labute approximate surface area is 100.0 Å². The van der Waals surface area contributed by atoms with Gasteiger partial charge in [-0.15, -0.1) is 0 Å². The van der Waals surface area contributed by atoms with Gasteiger partial charge in [-0.25, -0.2) is 0 Å². The van der Waals surface area contributed by atoms with E-state index in [2.05, 4.69) is 31.1 Å². The Morgan fingerprint density at radius 3 is 2.94 bits per heavy atom. The third-order valence-corrected chi connectivity index (χ3v) is 3.20. The standard InChI is InChI=1S/C11H9BrN4/c12-7-2-1-3-8-11(7)6(5-14-8)9-4-10(13)16-15-9/h1-5,14H,(H3,13,15,16). The van der Waals surface area contributed by atoms with Gasteiger partial charge in [0.25, 0.3) is 0 Å². The molecule has 3 aromatic rings. The normalized spacial score (nSPS) is 11.1. The Hall–Kier alpha value is -1.75. The summed E-state index contributed by atoms with van der Waals surface area (Å²) in [6, 6.07) is 7.86. The first kappa shape index (κ1) is 9.47. The average Bonchev–Trinajstić information content (AvgIpc) is 2.84. The van der Waals surface area contributed by atoms with Gasteiger partial charge in [0.2, 0.25) is 0 Å². The molecule has 0 fully saturated rings. The van der Waals surface area contributed by atoms with Crippen LogP contribution in [0.2, 0.25) is 0 Å². The zero-order valence-corrected chi connectivity index (χ0v) is 9.88. The van der Waals surface area contributed by atoms with Crippen molar-refractivity contribution in [3.63, 3.8) is 0 Å². The summed E-state index contributed by atoms with van der Waals surface area (Å²) in [4.78, 5) is 3.22. The first-order chi connectivity index (χ1) is 7.75. The fourth-order valence-electron chi connectivity index (χ4n) is 1.83. The van der Waals surface area contributed by atoms with Crippen molar-refractivity contribution in [3.05, 3.63) is 34.9 Å². The summed E-state index contributed by atoms with van der Waals surface area (Å²) in [5, 5.41) is 7.97. The van der Waals surface area contributed by atoms with E-state index in [4.69, 9.17) is 5.73 Å². The minimum absolute atomic E-state index is 0.497. The number of H-pyrrole nitrogens is 2. The van der Waals surface area contributed by atoms with E-state index in [0.29, 0.717) is 5.82 Å². The van der Waals surface area contributed by atoms with Crippen LogP contribution in [0.3, 0.4) is 0 Å². The monoisotopic (exact) mass is 276 g/mol. The van der Waals surface area contributed by atoms with Gasteiger partial charge in [0.15, 0.2) is 0 Å². The lowest BCUT2D eigenvalue weighted by atomic mass is 10.1. The Morgan fingerprint density at radius 1 is 1.31 bits per heavy atom. The summed E-state index contributed by atoms with van der Waals surface area (Å²) in [5.74, 6) is 0.497. The second kappa shape index (κ2) is 3.38. The number of nitrogens with zero attached hydrogens (tertiary/aromatic N) is 1. The molecule has 2 heterocycles. The molecule has 4 N–H and O–H groups in total. The molecule has 0 bridgehead atoms. The van der Waals surface area contributed by atoms with Gasteiger partial charge in [-0.3, -0.25) is 5.10 Å². The molecule has 80 valence electrons. The number of aromatic amines is 2. The topological polar surface area (TPSA) is 70.5 Å². The summed E-state index contributed by atoms with van der Waals surface area (Å²) >= 11 is 3.55. The third-order valence-electron chi connectivity index (χ3n) is 2.54. The van der Waals surface area contributed by atoms with Crippen LogP contribution >= 0.6 is 15.9 Å². The molecule has 4 nitrogen and oxygen atoms in total. The molecule has 0 aliphatic carbocycles.